The van der Waals surface area contributed by atoms with Crippen LogP contribution in [0.15, 0.2) is 60.7 Å². The molecule has 4 nitrogen and oxygen atoms in total. The predicted octanol–water partition coefficient (Wildman–Crippen LogP) is 5.14. The van der Waals surface area contributed by atoms with E-state index in [9.17, 15) is 9.59 Å². The fourth-order valence-electron chi connectivity index (χ4n) is 3.13. The highest BCUT2D eigenvalue weighted by Gasteiger charge is 2.44. The Kier molecular flexibility index (Phi) is 6.78. The molecule has 0 amide bonds. The van der Waals surface area contributed by atoms with Crippen molar-refractivity contribution in [2.75, 3.05) is 0 Å². The van der Waals surface area contributed by atoms with E-state index < -0.39 is 17.6 Å². The van der Waals surface area contributed by atoms with Gasteiger partial charge in [0.05, 0.1) is 11.1 Å². The van der Waals surface area contributed by atoms with Gasteiger partial charge in [0.25, 0.3) is 0 Å². The van der Waals surface area contributed by atoms with Gasteiger partial charge in [0.2, 0.25) is 0 Å². The van der Waals surface area contributed by atoms with Gasteiger partial charge in [-0.25, -0.2) is 9.59 Å². The van der Waals surface area contributed by atoms with Gasteiger partial charge in [-0.2, -0.15) is 0 Å². The second-order valence-electron chi connectivity index (χ2n) is 7.35. The number of hydrogen-bond acceptors (Lipinski definition) is 4. The molecule has 2 unspecified atom stereocenters. The second-order valence-corrected chi connectivity index (χ2v) is 7.35. The first-order valence-electron chi connectivity index (χ1n) is 9.28. The second kappa shape index (κ2) is 8.85. The van der Waals surface area contributed by atoms with Crippen LogP contribution in [-0.2, 0) is 9.47 Å². The van der Waals surface area contributed by atoms with E-state index in [1.807, 2.05) is 46.8 Å². The molecule has 0 saturated heterocycles. The lowest BCUT2D eigenvalue weighted by atomic mass is 9.71. The Labute approximate surface area is 161 Å². The molecule has 0 bridgehead atoms. The SMILES string of the molecule is CC(C)C(C)(C(C)OC(=O)c1ccccc1)C(C)OC(=O)c1ccccc1. The summed E-state index contributed by atoms with van der Waals surface area (Å²) < 4.78 is 11.5. The van der Waals surface area contributed by atoms with E-state index in [0.29, 0.717) is 11.1 Å². The van der Waals surface area contributed by atoms with Crippen molar-refractivity contribution in [2.45, 2.75) is 46.8 Å². The van der Waals surface area contributed by atoms with Crippen LogP contribution < -0.4 is 0 Å². The molecule has 2 aromatic rings. The molecule has 2 rings (SSSR count). The Balaban J connectivity index is 2.14. The Morgan fingerprint density at radius 3 is 1.33 bits per heavy atom. The van der Waals surface area contributed by atoms with Crippen LogP contribution in [0, 0.1) is 11.3 Å². The van der Waals surface area contributed by atoms with Crippen molar-refractivity contribution >= 4 is 11.9 Å². The molecule has 0 radical (unpaired) electrons. The third kappa shape index (κ3) is 4.76. The van der Waals surface area contributed by atoms with Gasteiger partial charge < -0.3 is 9.47 Å². The molecule has 2 atom stereocenters. The number of hydrogen-bond donors (Lipinski definition) is 0. The fourth-order valence-corrected chi connectivity index (χ4v) is 3.13. The smallest absolute Gasteiger partial charge is 0.338 e. The first-order valence-corrected chi connectivity index (χ1v) is 9.28. The molecule has 0 aliphatic heterocycles. The first-order chi connectivity index (χ1) is 12.8. The van der Waals surface area contributed by atoms with E-state index in [2.05, 4.69) is 0 Å². The summed E-state index contributed by atoms with van der Waals surface area (Å²) in [5, 5.41) is 0. The highest BCUT2D eigenvalue weighted by atomic mass is 16.6. The van der Waals surface area contributed by atoms with Crippen LogP contribution in [0.5, 0.6) is 0 Å². The van der Waals surface area contributed by atoms with Crippen LogP contribution in [0.25, 0.3) is 0 Å². The summed E-state index contributed by atoms with van der Waals surface area (Å²) in [6, 6.07) is 17.8. The van der Waals surface area contributed by atoms with Gasteiger partial charge in [0, 0.05) is 5.41 Å². The lowest BCUT2D eigenvalue weighted by Crippen LogP contribution is -2.48. The number of carbonyl (C=O) groups excluding carboxylic acids is 2. The maximum atomic E-state index is 12.5. The monoisotopic (exact) mass is 368 g/mol. The summed E-state index contributed by atoms with van der Waals surface area (Å²) in [5.74, 6) is -0.636. The van der Waals surface area contributed by atoms with Crippen LogP contribution >= 0.6 is 0 Å². The maximum Gasteiger partial charge on any atom is 0.338 e. The van der Waals surface area contributed by atoms with Gasteiger partial charge in [0.1, 0.15) is 12.2 Å². The van der Waals surface area contributed by atoms with Crippen molar-refractivity contribution in [2.24, 2.45) is 11.3 Å². The van der Waals surface area contributed by atoms with Crippen molar-refractivity contribution in [3.8, 4) is 0 Å². The lowest BCUT2D eigenvalue weighted by Gasteiger charge is -2.42. The fraction of sp³-hybridized carbons (Fsp3) is 0.391. The molecule has 0 aliphatic carbocycles. The minimum atomic E-state index is -0.547. The molecule has 144 valence electrons. The van der Waals surface area contributed by atoms with E-state index >= 15 is 0 Å². The third-order valence-electron chi connectivity index (χ3n) is 5.58. The van der Waals surface area contributed by atoms with Crippen molar-refractivity contribution in [1.82, 2.24) is 0 Å². The Bertz CT molecular complexity index is 693. The van der Waals surface area contributed by atoms with Crippen LogP contribution in [0.3, 0.4) is 0 Å². The average Bonchev–Trinajstić information content (AvgIpc) is 2.68. The predicted molar refractivity (Wildman–Crippen MR) is 106 cm³/mol. The van der Waals surface area contributed by atoms with E-state index in [4.69, 9.17) is 9.47 Å². The molecule has 0 N–H and O–H groups in total. The minimum Gasteiger partial charge on any atom is -0.458 e. The Morgan fingerprint density at radius 2 is 1.04 bits per heavy atom. The van der Waals surface area contributed by atoms with Crippen molar-refractivity contribution in [3.63, 3.8) is 0 Å². The van der Waals surface area contributed by atoms with E-state index in [1.165, 1.54) is 0 Å². The summed E-state index contributed by atoms with van der Waals surface area (Å²) >= 11 is 0. The van der Waals surface area contributed by atoms with Gasteiger partial charge in [-0.1, -0.05) is 57.2 Å². The highest BCUT2D eigenvalue weighted by Crippen LogP contribution is 2.38. The van der Waals surface area contributed by atoms with Crippen LogP contribution in [0.4, 0.5) is 0 Å². The van der Waals surface area contributed by atoms with E-state index in [-0.39, 0.29) is 17.9 Å². The molecule has 0 aromatic heterocycles. The van der Waals surface area contributed by atoms with Gasteiger partial charge in [-0.3, -0.25) is 0 Å². The van der Waals surface area contributed by atoms with Crippen LogP contribution in [0.2, 0.25) is 0 Å². The topological polar surface area (TPSA) is 52.6 Å². The maximum absolute atomic E-state index is 12.5. The van der Waals surface area contributed by atoms with E-state index in [0.717, 1.165) is 0 Å². The van der Waals surface area contributed by atoms with Crippen molar-refractivity contribution in [3.05, 3.63) is 71.8 Å². The van der Waals surface area contributed by atoms with Crippen LogP contribution in [0.1, 0.15) is 55.3 Å². The molecule has 0 spiro atoms. The van der Waals surface area contributed by atoms with Gasteiger partial charge in [-0.15, -0.1) is 0 Å². The quantitative estimate of drug-likeness (QED) is 0.635. The molecule has 0 heterocycles. The molecule has 2 aromatic carbocycles. The van der Waals surface area contributed by atoms with Crippen LogP contribution in [-0.4, -0.2) is 24.1 Å². The number of benzene rings is 2. The van der Waals surface area contributed by atoms with Crippen molar-refractivity contribution in [1.29, 1.82) is 0 Å². The van der Waals surface area contributed by atoms with Gasteiger partial charge in [0.15, 0.2) is 0 Å². The molecule has 27 heavy (non-hydrogen) atoms. The molecular weight excluding hydrogens is 340 g/mol. The molecular formula is C23H28O4. The summed E-state index contributed by atoms with van der Waals surface area (Å²) in [6.07, 6.45) is -0.882. The average molecular weight is 368 g/mol. The lowest BCUT2D eigenvalue weighted by molar-refractivity contribution is -0.0890. The number of esters is 2. The highest BCUT2D eigenvalue weighted by molar-refractivity contribution is 5.90. The number of rotatable bonds is 7. The zero-order valence-corrected chi connectivity index (χ0v) is 16.6. The van der Waals surface area contributed by atoms with Gasteiger partial charge >= 0.3 is 11.9 Å². The number of ether oxygens (including phenoxy) is 2. The standard InChI is InChI=1S/C23H28O4/c1-16(2)23(5,17(3)26-21(24)19-12-8-6-9-13-19)18(4)27-22(25)20-14-10-7-11-15-20/h6-18H,1-5H3. The summed E-state index contributed by atoms with van der Waals surface area (Å²) in [5.41, 5.74) is 0.461. The summed E-state index contributed by atoms with van der Waals surface area (Å²) in [4.78, 5) is 24.9. The zero-order chi connectivity index (χ0) is 20.0. The van der Waals surface area contributed by atoms with Gasteiger partial charge in [-0.05, 0) is 44.0 Å². The molecule has 0 saturated carbocycles. The third-order valence-corrected chi connectivity index (χ3v) is 5.58. The molecule has 0 fully saturated rings. The zero-order valence-electron chi connectivity index (χ0n) is 16.6. The summed E-state index contributed by atoms with van der Waals surface area (Å²) in [6.45, 7) is 9.78. The Hall–Kier alpha value is -2.62. The normalized spacial score (nSPS) is 15.5. The number of carbonyl (C=O) groups is 2. The summed E-state index contributed by atoms with van der Waals surface area (Å²) in [7, 11) is 0. The largest absolute Gasteiger partial charge is 0.458 e. The first kappa shape index (κ1) is 20.7. The van der Waals surface area contributed by atoms with Crippen molar-refractivity contribution < 1.29 is 19.1 Å². The molecule has 0 aliphatic rings. The minimum absolute atomic E-state index is 0.120. The molecule has 4 heteroatoms. The Morgan fingerprint density at radius 1 is 0.704 bits per heavy atom. The van der Waals surface area contributed by atoms with E-state index in [1.54, 1.807) is 48.5 Å².